The van der Waals surface area contributed by atoms with Crippen LogP contribution in [0.5, 0.6) is 5.75 Å². The number of carbonyl (C=O) groups is 1. The van der Waals surface area contributed by atoms with Gasteiger partial charge in [0.15, 0.2) is 5.76 Å². The Balaban J connectivity index is 1.84. The molecule has 0 unspecified atom stereocenters. The molecule has 0 aliphatic carbocycles. The number of rotatable bonds is 10. The van der Waals surface area contributed by atoms with Crippen LogP contribution in [-0.2, 0) is 11.3 Å². The second-order valence-electron chi connectivity index (χ2n) is 5.23. The summed E-state index contributed by atoms with van der Waals surface area (Å²) < 4.78 is 16.1. The maximum atomic E-state index is 11.9. The van der Waals surface area contributed by atoms with Gasteiger partial charge >= 0.3 is 0 Å². The maximum absolute atomic E-state index is 11.9. The minimum Gasteiger partial charge on any atom is -0.484 e. The highest BCUT2D eigenvalue weighted by Gasteiger charge is 2.13. The molecule has 0 fully saturated rings. The fraction of sp³-hybridized carbons (Fsp3) is 0.353. The number of nitrogens with one attached hydrogen (secondary N) is 1. The van der Waals surface area contributed by atoms with Gasteiger partial charge in [0.2, 0.25) is 0 Å². The van der Waals surface area contributed by atoms with Gasteiger partial charge in [-0.05, 0) is 31.5 Å². The summed E-state index contributed by atoms with van der Waals surface area (Å²) in [6, 6.07) is 7.09. The molecule has 0 saturated carbocycles. The Morgan fingerprint density at radius 3 is 2.85 bits per heavy atom. The van der Waals surface area contributed by atoms with Crippen LogP contribution in [0.25, 0.3) is 0 Å². The van der Waals surface area contributed by atoms with Gasteiger partial charge in [0, 0.05) is 31.9 Å². The Hall–Kier alpha value is -2.58. The fourth-order valence-electron chi connectivity index (χ4n) is 2.05. The van der Waals surface area contributed by atoms with Crippen LogP contribution in [0.15, 0.2) is 34.7 Å². The minimum atomic E-state index is -0.540. The van der Waals surface area contributed by atoms with Crippen molar-refractivity contribution in [3.05, 3.63) is 57.0 Å². The van der Waals surface area contributed by atoms with Gasteiger partial charge in [-0.25, -0.2) is 0 Å². The number of ether oxygens (including phenoxy) is 2. The van der Waals surface area contributed by atoms with Gasteiger partial charge in [0.25, 0.3) is 11.6 Å². The number of nitrogens with zero attached hydrogens (tertiary/aromatic N) is 1. The third-order valence-corrected chi connectivity index (χ3v) is 3.63. The fourth-order valence-corrected chi connectivity index (χ4v) is 2.28. The average Bonchev–Trinajstić information content (AvgIpc) is 3.09. The molecular weight excluding hydrogens is 364 g/mol. The zero-order chi connectivity index (χ0) is 18.9. The summed E-state index contributed by atoms with van der Waals surface area (Å²) in [6.45, 7) is 3.67. The first-order valence-corrected chi connectivity index (χ1v) is 8.40. The molecule has 0 atom stereocenters. The van der Waals surface area contributed by atoms with Gasteiger partial charge in [-0.3, -0.25) is 14.9 Å². The van der Waals surface area contributed by atoms with Crippen LogP contribution in [0, 0.1) is 10.1 Å². The number of nitro groups is 1. The molecule has 9 heteroatoms. The summed E-state index contributed by atoms with van der Waals surface area (Å²) in [6.07, 6.45) is 0.717. The number of benzene rings is 1. The molecule has 8 nitrogen and oxygen atoms in total. The molecule has 26 heavy (non-hydrogen) atoms. The Morgan fingerprint density at radius 1 is 1.35 bits per heavy atom. The van der Waals surface area contributed by atoms with Crippen molar-refractivity contribution in [3.8, 4) is 5.75 Å². The van der Waals surface area contributed by atoms with Crippen molar-refractivity contribution in [3.63, 3.8) is 0 Å². The SMILES string of the molecule is CCOCCCNC(=O)c1ccc(COc2ccc([N+](=O)[O-])cc2Cl)o1. The summed E-state index contributed by atoms with van der Waals surface area (Å²) in [5, 5.41) is 13.5. The second kappa shape index (κ2) is 9.79. The molecule has 0 aliphatic heterocycles. The lowest BCUT2D eigenvalue weighted by molar-refractivity contribution is -0.384. The van der Waals surface area contributed by atoms with Gasteiger partial charge < -0.3 is 19.2 Å². The summed E-state index contributed by atoms with van der Waals surface area (Å²) in [5.74, 6) is 0.574. The monoisotopic (exact) mass is 382 g/mol. The number of non-ortho nitro benzene ring substituents is 1. The molecule has 0 bridgehead atoms. The van der Waals surface area contributed by atoms with E-state index in [9.17, 15) is 14.9 Å². The second-order valence-corrected chi connectivity index (χ2v) is 5.64. The molecule has 2 aromatic rings. The standard InChI is InChI=1S/C17H19ClN2O6/c1-2-24-9-3-8-19-17(21)16-7-5-13(26-16)11-25-15-6-4-12(20(22)23)10-14(15)18/h4-7,10H,2-3,8-9,11H2,1H3,(H,19,21). The van der Waals surface area contributed by atoms with E-state index in [1.165, 1.54) is 18.2 Å². The van der Waals surface area contributed by atoms with Gasteiger partial charge in [0.1, 0.15) is 18.1 Å². The van der Waals surface area contributed by atoms with E-state index in [-0.39, 0.29) is 34.7 Å². The van der Waals surface area contributed by atoms with Crippen LogP contribution in [0.1, 0.15) is 29.7 Å². The molecule has 1 N–H and O–H groups in total. The summed E-state index contributed by atoms with van der Waals surface area (Å²) in [4.78, 5) is 22.1. The molecule has 0 spiro atoms. The lowest BCUT2D eigenvalue weighted by Gasteiger charge is -2.06. The van der Waals surface area contributed by atoms with E-state index in [4.69, 9.17) is 25.5 Å². The average molecular weight is 383 g/mol. The van der Waals surface area contributed by atoms with Crippen molar-refractivity contribution < 1.29 is 23.6 Å². The molecular formula is C17H19ClN2O6. The first-order chi connectivity index (χ1) is 12.5. The van der Waals surface area contributed by atoms with E-state index < -0.39 is 4.92 Å². The summed E-state index contributed by atoms with van der Waals surface area (Å²) >= 11 is 5.95. The van der Waals surface area contributed by atoms with E-state index in [0.717, 1.165) is 6.42 Å². The van der Waals surface area contributed by atoms with E-state index in [1.807, 2.05) is 6.92 Å². The number of hydrogen-bond acceptors (Lipinski definition) is 6. The topological polar surface area (TPSA) is 104 Å². The predicted molar refractivity (Wildman–Crippen MR) is 94.6 cm³/mol. The van der Waals surface area contributed by atoms with Crippen LogP contribution in [-0.4, -0.2) is 30.6 Å². The molecule has 1 aromatic carbocycles. The molecule has 1 amide bonds. The van der Waals surface area contributed by atoms with Gasteiger partial charge in [-0.2, -0.15) is 0 Å². The molecule has 140 valence electrons. The van der Waals surface area contributed by atoms with Crippen LogP contribution in [0.4, 0.5) is 5.69 Å². The lowest BCUT2D eigenvalue weighted by Crippen LogP contribution is -2.24. The van der Waals surface area contributed by atoms with Gasteiger partial charge in [0.05, 0.1) is 9.95 Å². The maximum Gasteiger partial charge on any atom is 0.286 e. The number of hydrogen-bond donors (Lipinski definition) is 1. The zero-order valence-electron chi connectivity index (χ0n) is 14.2. The van der Waals surface area contributed by atoms with Crippen molar-refractivity contribution in [2.24, 2.45) is 0 Å². The van der Waals surface area contributed by atoms with Gasteiger partial charge in [-0.1, -0.05) is 11.6 Å². The van der Waals surface area contributed by atoms with Crippen molar-refractivity contribution in [1.82, 2.24) is 5.32 Å². The number of carbonyl (C=O) groups excluding carboxylic acids is 1. The largest absolute Gasteiger partial charge is 0.484 e. The van der Waals surface area contributed by atoms with E-state index in [2.05, 4.69) is 5.32 Å². The Kier molecular flexibility index (Phi) is 7.43. The normalized spacial score (nSPS) is 10.5. The number of amides is 1. The molecule has 1 aromatic heterocycles. The Morgan fingerprint density at radius 2 is 2.15 bits per heavy atom. The highest BCUT2D eigenvalue weighted by Crippen LogP contribution is 2.29. The third kappa shape index (κ3) is 5.75. The number of nitro benzene ring substituents is 1. The quantitative estimate of drug-likeness (QED) is 0.382. The molecule has 0 saturated heterocycles. The molecule has 0 aliphatic rings. The van der Waals surface area contributed by atoms with E-state index in [0.29, 0.717) is 25.5 Å². The lowest BCUT2D eigenvalue weighted by atomic mass is 10.3. The van der Waals surface area contributed by atoms with Crippen LogP contribution in [0.2, 0.25) is 5.02 Å². The molecule has 0 radical (unpaired) electrons. The predicted octanol–water partition coefficient (Wildman–Crippen LogP) is 3.58. The molecule has 2 rings (SSSR count). The van der Waals surface area contributed by atoms with Gasteiger partial charge in [-0.15, -0.1) is 0 Å². The third-order valence-electron chi connectivity index (χ3n) is 3.34. The van der Waals surface area contributed by atoms with Crippen LogP contribution in [0.3, 0.4) is 0 Å². The smallest absolute Gasteiger partial charge is 0.286 e. The Bertz CT molecular complexity index is 761. The Labute approximate surface area is 155 Å². The van der Waals surface area contributed by atoms with Crippen molar-refractivity contribution in [2.45, 2.75) is 20.0 Å². The highest BCUT2D eigenvalue weighted by molar-refractivity contribution is 6.32. The van der Waals surface area contributed by atoms with Crippen molar-refractivity contribution in [1.29, 1.82) is 0 Å². The zero-order valence-corrected chi connectivity index (χ0v) is 15.0. The number of halogens is 1. The van der Waals surface area contributed by atoms with Crippen LogP contribution < -0.4 is 10.1 Å². The minimum absolute atomic E-state index is 0.0369. The van der Waals surface area contributed by atoms with Crippen LogP contribution >= 0.6 is 11.6 Å². The van der Waals surface area contributed by atoms with Crippen molar-refractivity contribution in [2.75, 3.05) is 19.8 Å². The molecule has 1 heterocycles. The van der Waals surface area contributed by atoms with E-state index in [1.54, 1.807) is 12.1 Å². The first kappa shape index (κ1) is 19.7. The summed E-state index contributed by atoms with van der Waals surface area (Å²) in [7, 11) is 0. The number of furan rings is 1. The summed E-state index contributed by atoms with van der Waals surface area (Å²) in [5.41, 5.74) is -0.122. The van der Waals surface area contributed by atoms with E-state index >= 15 is 0 Å². The highest BCUT2D eigenvalue weighted by atomic mass is 35.5. The first-order valence-electron chi connectivity index (χ1n) is 8.02. The van der Waals surface area contributed by atoms with Crippen molar-refractivity contribution >= 4 is 23.2 Å².